The maximum absolute atomic E-state index is 11.6. The number of fused-ring (bicyclic) bond motifs is 1. The van der Waals surface area contributed by atoms with Gasteiger partial charge in [0.15, 0.2) is 17.7 Å². The molecule has 1 heterocycles. The molecule has 1 aliphatic heterocycles. The van der Waals surface area contributed by atoms with Gasteiger partial charge in [-0.15, -0.1) is 0 Å². The summed E-state index contributed by atoms with van der Waals surface area (Å²) in [6.45, 7) is 4.77. The van der Waals surface area contributed by atoms with E-state index in [9.17, 15) is 9.59 Å². The van der Waals surface area contributed by atoms with Gasteiger partial charge in [0, 0.05) is 6.92 Å². The average molecular weight is 226 g/mol. The van der Waals surface area contributed by atoms with Gasteiger partial charge in [0.2, 0.25) is 0 Å². The highest BCUT2D eigenvalue weighted by atomic mass is 16.8. The van der Waals surface area contributed by atoms with Crippen molar-refractivity contribution in [2.24, 2.45) is 0 Å². The van der Waals surface area contributed by atoms with Gasteiger partial charge in [-0.05, 0) is 26.0 Å². The van der Waals surface area contributed by atoms with E-state index in [4.69, 9.17) is 14.2 Å². The fourth-order valence-corrected chi connectivity index (χ4v) is 1.94. The van der Waals surface area contributed by atoms with Crippen LogP contribution < -0.4 is 0 Å². The highest BCUT2D eigenvalue weighted by Crippen LogP contribution is 2.34. The smallest absolute Gasteiger partial charge is 0.303 e. The molecule has 0 radical (unpaired) electrons. The maximum atomic E-state index is 11.6. The minimum atomic E-state index is -0.824. The van der Waals surface area contributed by atoms with Crippen LogP contribution in [-0.4, -0.2) is 35.9 Å². The van der Waals surface area contributed by atoms with Gasteiger partial charge in [-0.1, -0.05) is 0 Å². The first kappa shape index (κ1) is 11.3. The van der Waals surface area contributed by atoms with E-state index in [2.05, 4.69) is 0 Å². The third-order valence-corrected chi connectivity index (χ3v) is 2.49. The Morgan fingerprint density at radius 3 is 2.75 bits per heavy atom. The van der Waals surface area contributed by atoms with E-state index in [1.807, 2.05) is 0 Å². The van der Waals surface area contributed by atoms with Crippen LogP contribution in [0.4, 0.5) is 0 Å². The lowest BCUT2D eigenvalue weighted by Gasteiger charge is -2.25. The lowest BCUT2D eigenvalue weighted by molar-refractivity contribution is -0.165. The zero-order chi connectivity index (χ0) is 11.9. The monoisotopic (exact) mass is 226 g/mol. The Bertz CT molecular complexity index is 357. The summed E-state index contributed by atoms with van der Waals surface area (Å²) in [5.41, 5.74) is 0. The molecule has 0 N–H and O–H groups in total. The number of ether oxygens (including phenoxy) is 3. The minimum absolute atomic E-state index is 0.154. The zero-order valence-corrected chi connectivity index (χ0v) is 9.43. The summed E-state index contributed by atoms with van der Waals surface area (Å²) >= 11 is 0. The largest absolute Gasteiger partial charge is 0.455 e. The molecule has 88 valence electrons. The van der Waals surface area contributed by atoms with E-state index in [0.717, 1.165) is 0 Å². The minimum Gasteiger partial charge on any atom is -0.455 e. The van der Waals surface area contributed by atoms with Crippen molar-refractivity contribution in [1.29, 1.82) is 0 Å². The second-order valence-electron chi connectivity index (χ2n) is 4.36. The van der Waals surface area contributed by atoms with E-state index >= 15 is 0 Å². The first-order chi connectivity index (χ1) is 7.39. The van der Waals surface area contributed by atoms with Crippen molar-refractivity contribution in [3.8, 4) is 0 Å². The Hall–Kier alpha value is -1.20. The molecule has 0 bridgehead atoms. The first-order valence-corrected chi connectivity index (χ1v) is 5.14. The summed E-state index contributed by atoms with van der Waals surface area (Å²) in [6, 6.07) is 0. The SMILES string of the molecule is CC(=O)O[C@@H]1C=CC(=O)[C@H]2OC(C)(C)O[C@H]21. The fourth-order valence-electron chi connectivity index (χ4n) is 1.94. The van der Waals surface area contributed by atoms with E-state index in [0.29, 0.717) is 0 Å². The van der Waals surface area contributed by atoms with E-state index in [1.54, 1.807) is 13.8 Å². The lowest BCUT2D eigenvalue weighted by Crippen LogP contribution is -2.43. The number of carbonyl (C=O) groups excluding carboxylic acids is 2. The molecule has 0 unspecified atom stereocenters. The van der Waals surface area contributed by atoms with Crippen LogP contribution in [0.3, 0.4) is 0 Å². The van der Waals surface area contributed by atoms with Gasteiger partial charge in [0.05, 0.1) is 0 Å². The van der Waals surface area contributed by atoms with Crippen LogP contribution in [0.1, 0.15) is 20.8 Å². The lowest BCUT2D eigenvalue weighted by atomic mass is 9.98. The highest BCUT2D eigenvalue weighted by molar-refractivity contribution is 5.95. The van der Waals surface area contributed by atoms with Crippen molar-refractivity contribution >= 4 is 11.8 Å². The van der Waals surface area contributed by atoms with Gasteiger partial charge in [0.1, 0.15) is 12.2 Å². The second-order valence-corrected chi connectivity index (χ2v) is 4.36. The Morgan fingerprint density at radius 1 is 1.44 bits per heavy atom. The summed E-state index contributed by atoms with van der Waals surface area (Å²) in [6.07, 6.45) is 1.14. The summed E-state index contributed by atoms with van der Waals surface area (Å²) < 4.78 is 16.1. The van der Waals surface area contributed by atoms with E-state index in [-0.39, 0.29) is 5.78 Å². The number of hydrogen-bond donors (Lipinski definition) is 0. The third kappa shape index (κ3) is 2.01. The van der Waals surface area contributed by atoms with Gasteiger partial charge in [0.25, 0.3) is 0 Å². The summed E-state index contributed by atoms with van der Waals surface area (Å²) in [7, 11) is 0. The van der Waals surface area contributed by atoms with Gasteiger partial charge in [-0.3, -0.25) is 9.59 Å². The molecule has 1 saturated heterocycles. The quantitative estimate of drug-likeness (QED) is 0.612. The molecule has 0 aromatic heterocycles. The Balaban J connectivity index is 2.20. The van der Waals surface area contributed by atoms with Crippen LogP contribution in [0.2, 0.25) is 0 Å². The van der Waals surface area contributed by atoms with Crippen molar-refractivity contribution in [1.82, 2.24) is 0 Å². The topological polar surface area (TPSA) is 61.8 Å². The molecule has 0 aromatic carbocycles. The van der Waals surface area contributed by atoms with Crippen molar-refractivity contribution in [3.63, 3.8) is 0 Å². The molecule has 1 fully saturated rings. The van der Waals surface area contributed by atoms with Crippen molar-refractivity contribution < 1.29 is 23.8 Å². The van der Waals surface area contributed by atoms with E-state index in [1.165, 1.54) is 19.1 Å². The van der Waals surface area contributed by atoms with Crippen LogP contribution in [-0.2, 0) is 23.8 Å². The molecular weight excluding hydrogens is 212 g/mol. The molecule has 16 heavy (non-hydrogen) atoms. The van der Waals surface area contributed by atoms with Gasteiger partial charge in [-0.2, -0.15) is 0 Å². The summed E-state index contributed by atoms with van der Waals surface area (Å²) in [4.78, 5) is 22.5. The number of ketones is 1. The standard InChI is InChI=1S/C11H14O5/c1-6(12)14-8-5-4-7(13)9-10(8)16-11(2,3)15-9/h4-5,8-10H,1-3H3/t8-,9-,10+/m1/s1. The van der Waals surface area contributed by atoms with Gasteiger partial charge in [-0.25, -0.2) is 0 Å². The molecule has 0 spiro atoms. The number of esters is 1. The predicted molar refractivity (Wildman–Crippen MR) is 53.5 cm³/mol. The highest BCUT2D eigenvalue weighted by Gasteiger charge is 2.50. The van der Waals surface area contributed by atoms with Crippen LogP contribution in [0.15, 0.2) is 12.2 Å². The molecule has 0 aromatic rings. The van der Waals surface area contributed by atoms with Crippen LogP contribution in [0.25, 0.3) is 0 Å². The molecule has 5 nitrogen and oxygen atoms in total. The Labute approximate surface area is 93.4 Å². The molecule has 2 aliphatic rings. The molecular formula is C11H14O5. The average Bonchev–Trinajstić information content (AvgIpc) is 2.47. The molecule has 5 heteroatoms. The molecule has 1 aliphatic carbocycles. The first-order valence-electron chi connectivity index (χ1n) is 5.14. The van der Waals surface area contributed by atoms with Crippen molar-refractivity contribution in [2.75, 3.05) is 0 Å². The van der Waals surface area contributed by atoms with Crippen molar-refractivity contribution in [2.45, 2.75) is 44.9 Å². The molecule has 0 saturated carbocycles. The maximum Gasteiger partial charge on any atom is 0.303 e. The predicted octanol–water partition coefficient (Wildman–Crippen LogP) is 0.577. The zero-order valence-electron chi connectivity index (χ0n) is 9.43. The fraction of sp³-hybridized carbons (Fsp3) is 0.636. The third-order valence-electron chi connectivity index (χ3n) is 2.49. The van der Waals surface area contributed by atoms with Crippen molar-refractivity contribution in [3.05, 3.63) is 12.2 Å². The molecule has 0 amide bonds. The summed E-state index contributed by atoms with van der Waals surface area (Å²) in [5, 5.41) is 0. The Kier molecular flexibility index (Phi) is 2.59. The van der Waals surface area contributed by atoms with Crippen LogP contribution in [0, 0.1) is 0 Å². The second kappa shape index (κ2) is 3.68. The van der Waals surface area contributed by atoms with Crippen LogP contribution in [0.5, 0.6) is 0 Å². The summed E-state index contributed by atoms with van der Waals surface area (Å²) in [5.74, 6) is -1.38. The van der Waals surface area contributed by atoms with Gasteiger partial charge >= 0.3 is 5.97 Å². The van der Waals surface area contributed by atoms with Crippen LogP contribution >= 0.6 is 0 Å². The number of carbonyl (C=O) groups is 2. The number of rotatable bonds is 1. The Morgan fingerprint density at radius 2 is 2.12 bits per heavy atom. The molecule has 3 atom stereocenters. The van der Waals surface area contributed by atoms with E-state index < -0.39 is 30.1 Å². The molecule has 2 rings (SSSR count). The normalized spacial score (nSPS) is 35.9. The number of hydrogen-bond acceptors (Lipinski definition) is 5. The van der Waals surface area contributed by atoms with Gasteiger partial charge < -0.3 is 14.2 Å².